The van der Waals surface area contributed by atoms with Crippen molar-refractivity contribution in [2.45, 2.75) is 56.0 Å². The highest BCUT2D eigenvalue weighted by atomic mass is 35.5. The summed E-state index contributed by atoms with van der Waals surface area (Å²) in [4.78, 5) is 9.77. The van der Waals surface area contributed by atoms with Gasteiger partial charge in [0.1, 0.15) is 5.72 Å². The van der Waals surface area contributed by atoms with E-state index in [1.54, 1.807) is 6.20 Å². The van der Waals surface area contributed by atoms with E-state index >= 15 is 0 Å². The first-order chi connectivity index (χ1) is 16.5. The molecule has 2 aromatic carbocycles. The number of azide groups is 1. The summed E-state index contributed by atoms with van der Waals surface area (Å²) >= 11 is 13.4. The van der Waals surface area contributed by atoms with E-state index in [1.165, 1.54) is 0 Å². The molecule has 1 N–H and O–H groups in total. The van der Waals surface area contributed by atoms with Crippen molar-refractivity contribution in [3.05, 3.63) is 110 Å². The van der Waals surface area contributed by atoms with Gasteiger partial charge in [-0.25, -0.2) is 0 Å². The number of hydrogen-bond donors (Lipinski definition) is 1. The predicted octanol–water partition coefficient (Wildman–Crippen LogP) is 7.02. The van der Waals surface area contributed by atoms with Crippen LogP contribution in [0, 0.1) is 0 Å². The normalized spacial score (nSPS) is 24.2. The lowest BCUT2D eigenvalue weighted by Crippen LogP contribution is -2.54. The fourth-order valence-corrected chi connectivity index (χ4v) is 6.31. The first-order valence-corrected chi connectivity index (χ1v) is 12.2. The summed E-state index contributed by atoms with van der Waals surface area (Å²) in [6, 6.07) is 19.2. The largest absolute Gasteiger partial charge is 0.376 e. The Balaban J connectivity index is 1.56. The van der Waals surface area contributed by atoms with E-state index in [0.717, 1.165) is 35.2 Å². The summed E-state index contributed by atoms with van der Waals surface area (Å²) in [6.07, 6.45) is 4.68. The highest BCUT2D eigenvalue weighted by molar-refractivity contribution is 6.32. The molecule has 3 aromatic rings. The zero-order valence-corrected chi connectivity index (χ0v) is 20.1. The fourth-order valence-electron chi connectivity index (χ4n) is 5.83. The van der Waals surface area contributed by atoms with Crippen molar-refractivity contribution in [3.63, 3.8) is 0 Å². The summed E-state index contributed by atoms with van der Waals surface area (Å²) < 4.78 is 0. The van der Waals surface area contributed by atoms with Gasteiger partial charge in [-0.1, -0.05) is 70.8 Å². The molecule has 6 nitrogen and oxygen atoms in total. The first-order valence-electron chi connectivity index (χ1n) is 11.5. The van der Waals surface area contributed by atoms with Gasteiger partial charge in [-0.2, -0.15) is 0 Å². The lowest BCUT2D eigenvalue weighted by molar-refractivity contribution is -0.139. The Morgan fingerprint density at radius 3 is 2.38 bits per heavy atom. The Morgan fingerprint density at radius 2 is 1.76 bits per heavy atom. The summed E-state index contributed by atoms with van der Waals surface area (Å²) in [5.41, 5.74) is 11.4. The van der Waals surface area contributed by atoms with Crippen molar-refractivity contribution in [1.29, 1.82) is 0 Å². The van der Waals surface area contributed by atoms with E-state index in [-0.39, 0.29) is 24.5 Å². The van der Waals surface area contributed by atoms with Crippen LogP contribution in [0.15, 0.2) is 72.0 Å². The van der Waals surface area contributed by atoms with Gasteiger partial charge < -0.3 is 5.11 Å². The summed E-state index contributed by atoms with van der Waals surface area (Å²) in [5.74, 6) is 0.0667. The van der Waals surface area contributed by atoms with Crippen molar-refractivity contribution in [3.8, 4) is 0 Å². The van der Waals surface area contributed by atoms with Gasteiger partial charge in [0.2, 0.25) is 0 Å². The maximum Gasteiger partial charge on any atom is 0.120 e. The Morgan fingerprint density at radius 1 is 1.09 bits per heavy atom. The summed E-state index contributed by atoms with van der Waals surface area (Å²) in [7, 11) is 0. The molecule has 3 unspecified atom stereocenters. The molecule has 0 amide bonds. The van der Waals surface area contributed by atoms with Gasteiger partial charge in [-0.15, -0.1) is 0 Å². The van der Waals surface area contributed by atoms with Gasteiger partial charge in [0.05, 0.1) is 12.6 Å². The van der Waals surface area contributed by atoms with Crippen LogP contribution in [-0.2, 0) is 6.54 Å². The van der Waals surface area contributed by atoms with Gasteiger partial charge in [0.15, 0.2) is 0 Å². The van der Waals surface area contributed by atoms with Crippen LogP contribution >= 0.6 is 23.2 Å². The molecule has 5 rings (SSSR count). The maximum atomic E-state index is 12.1. The van der Waals surface area contributed by atoms with E-state index in [0.29, 0.717) is 22.9 Å². The highest BCUT2D eigenvalue weighted by Crippen LogP contribution is 2.54. The monoisotopic (exact) mass is 493 g/mol. The standard InChI is InChI=1S/C26H25Cl2N5O/c27-22-9-3-1-7-20(22)25(21-8-2-4-10-23(21)28)33-19-11-12-26(33,34)15-18(14-19)24-17(16-31-32-29)6-5-13-30-24/h1-10,13,18-19,25,34H,11-12,14-16H2. The topological polar surface area (TPSA) is 85.1 Å². The number of aliphatic hydroxyl groups is 1. The number of piperidine rings is 1. The van der Waals surface area contributed by atoms with Crippen LogP contribution < -0.4 is 0 Å². The van der Waals surface area contributed by atoms with Crippen LogP contribution in [0.4, 0.5) is 0 Å². The average molecular weight is 494 g/mol. The number of aromatic nitrogens is 1. The smallest absolute Gasteiger partial charge is 0.120 e. The van der Waals surface area contributed by atoms with Crippen LogP contribution in [0.3, 0.4) is 0 Å². The van der Waals surface area contributed by atoms with E-state index in [4.69, 9.17) is 28.7 Å². The number of halogens is 2. The number of rotatable bonds is 6. The molecule has 1 aromatic heterocycles. The van der Waals surface area contributed by atoms with Crippen molar-refractivity contribution in [2.75, 3.05) is 0 Å². The van der Waals surface area contributed by atoms with Crippen LogP contribution in [0.25, 0.3) is 10.4 Å². The SMILES string of the molecule is [N-]=[N+]=NCc1cccnc1C1CC2CCC(O)(C1)N2C(c1ccccc1Cl)c1ccccc1Cl. The van der Waals surface area contributed by atoms with Gasteiger partial charge >= 0.3 is 0 Å². The molecule has 3 atom stereocenters. The third kappa shape index (κ3) is 4.17. The molecule has 0 saturated carbocycles. The lowest BCUT2D eigenvalue weighted by atomic mass is 9.81. The lowest BCUT2D eigenvalue weighted by Gasteiger charge is -2.49. The van der Waals surface area contributed by atoms with Crippen LogP contribution in [-0.4, -0.2) is 26.8 Å². The second-order valence-electron chi connectivity index (χ2n) is 9.10. The van der Waals surface area contributed by atoms with Crippen LogP contribution in [0.2, 0.25) is 10.0 Å². The molecule has 2 aliphatic rings. The van der Waals surface area contributed by atoms with Crippen molar-refractivity contribution >= 4 is 23.2 Å². The van der Waals surface area contributed by atoms with E-state index < -0.39 is 5.72 Å². The van der Waals surface area contributed by atoms with Gasteiger partial charge in [-0.05, 0) is 66.1 Å². The van der Waals surface area contributed by atoms with Crippen molar-refractivity contribution < 1.29 is 5.11 Å². The molecular formula is C26H25Cl2N5O. The Hall–Kier alpha value is -2.60. The van der Waals surface area contributed by atoms with E-state index in [1.807, 2.05) is 60.7 Å². The molecule has 34 heavy (non-hydrogen) atoms. The molecule has 0 aliphatic carbocycles. The van der Waals surface area contributed by atoms with E-state index in [2.05, 4.69) is 19.9 Å². The molecule has 2 bridgehead atoms. The zero-order chi connectivity index (χ0) is 23.7. The van der Waals surface area contributed by atoms with Crippen LogP contribution in [0.5, 0.6) is 0 Å². The molecule has 8 heteroatoms. The van der Waals surface area contributed by atoms with Crippen molar-refractivity contribution in [1.82, 2.24) is 9.88 Å². The fraction of sp³-hybridized carbons (Fsp3) is 0.346. The minimum Gasteiger partial charge on any atom is -0.376 e. The summed E-state index contributed by atoms with van der Waals surface area (Å²) in [5, 5.41) is 17.1. The quantitative estimate of drug-likeness (QED) is 0.227. The molecule has 2 fully saturated rings. The average Bonchev–Trinajstić information content (AvgIpc) is 3.04. The minimum atomic E-state index is -1.04. The second-order valence-corrected chi connectivity index (χ2v) is 9.92. The Kier molecular flexibility index (Phi) is 6.52. The maximum absolute atomic E-state index is 12.1. The van der Waals surface area contributed by atoms with Gasteiger partial charge in [-0.3, -0.25) is 9.88 Å². The number of nitrogens with zero attached hydrogens (tertiary/aromatic N) is 5. The predicted molar refractivity (Wildman–Crippen MR) is 134 cm³/mol. The van der Waals surface area contributed by atoms with Gasteiger partial charge in [0.25, 0.3) is 0 Å². The molecule has 174 valence electrons. The molecule has 2 saturated heterocycles. The Bertz CT molecular complexity index is 1200. The molecule has 2 aliphatic heterocycles. The Labute approximate surface area is 208 Å². The number of fused-ring (bicyclic) bond motifs is 2. The number of pyridine rings is 1. The zero-order valence-electron chi connectivity index (χ0n) is 18.6. The van der Waals surface area contributed by atoms with Gasteiger partial charge in [0, 0.05) is 38.8 Å². The summed E-state index contributed by atoms with van der Waals surface area (Å²) in [6.45, 7) is 0.255. The van der Waals surface area contributed by atoms with E-state index in [9.17, 15) is 5.11 Å². The molecular weight excluding hydrogens is 469 g/mol. The second kappa shape index (κ2) is 9.57. The number of hydrogen-bond acceptors (Lipinski definition) is 4. The van der Waals surface area contributed by atoms with Crippen LogP contribution in [0.1, 0.15) is 60.0 Å². The third-order valence-electron chi connectivity index (χ3n) is 7.18. The minimum absolute atomic E-state index is 0.0667. The molecule has 0 radical (unpaired) electrons. The highest BCUT2D eigenvalue weighted by Gasteiger charge is 2.54. The van der Waals surface area contributed by atoms with Crippen molar-refractivity contribution in [2.24, 2.45) is 5.11 Å². The molecule has 0 spiro atoms. The number of benzene rings is 2. The first kappa shape index (κ1) is 23.2. The molecule has 3 heterocycles. The third-order valence-corrected chi connectivity index (χ3v) is 7.87.